The minimum atomic E-state index is -0.183. The molecule has 2 aromatic carbocycles. The molecule has 0 heterocycles. The third-order valence-corrected chi connectivity index (χ3v) is 4.29. The van der Waals surface area contributed by atoms with Crippen molar-refractivity contribution in [2.45, 2.75) is 17.1 Å². The number of nitrogen functional groups attached to an aromatic ring is 1. The van der Waals surface area contributed by atoms with E-state index in [1.165, 1.54) is 11.8 Å². The topological polar surface area (TPSA) is 55.1 Å². The second-order valence-electron chi connectivity index (χ2n) is 4.33. The Morgan fingerprint density at radius 2 is 1.95 bits per heavy atom. The molecule has 1 atom stereocenters. The largest absolute Gasteiger partial charge is 0.399 e. The van der Waals surface area contributed by atoms with Gasteiger partial charge in [0.1, 0.15) is 0 Å². The Balaban J connectivity index is 1.96. The highest BCUT2D eigenvalue weighted by molar-refractivity contribution is 9.10. The highest BCUT2D eigenvalue weighted by atomic mass is 79.9. The van der Waals surface area contributed by atoms with Crippen LogP contribution in [0.2, 0.25) is 0 Å². The van der Waals surface area contributed by atoms with E-state index in [9.17, 15) is 4.79 Å². The van der Waals surface area contributed by atoms with Crippen LogP contribution in [0.15, 0.2) is 57.9 Å². The molecule has 0 fully saturated rings. The van der Waals surface area contributed by atoms with Gasteiger partial charge in [0.2, 0.25) is 5.91 Å². The zero-order valence-corrected chi connectivity index (χ0v) is 13.4. The summed E-state index contributed by atoms with van der Waals surface area (Å²) in [6.07, 6.45) is 0. The number of rotatable bonds is 4. The molecule has 1 unspecified atom stereocenters. The summed E-state index contributed by atoms with van der Waals surface area (Å²) in [5, 5.41) is 2.68. The molecule has 0 aliphatic carbocycles. The first kappa shape index (κ1) is 14.9. The van der Waals surface area contributed by atoms with Crippen LogP contribution in [0.5, 0.6) is 0 Å². The zero-order chi connectivity index (χ0) is 14.5. The number of nitrogens with two attached hydrogens (primary N) is 1. The van der Waals surface area contributed by atoms with Crippen molar-refractivity contribution in [1.82, 2.24) is 0 Å². The molecule has 104 valence electrons. The van der Waals surface area contributed by atoms with Gasteiger partial charge >= 0.3 is 0 Å². The van der Waals surface area contributed by atoms with Gasteiger partial charge in [0.05, 0.1) is 5.25 Å². The van der Waals surface area contributed by atoms with E-state index in [1.807, 2.05) is 43.3 Å². The van der Waals surface area contributed by atoms with E-state index < -0.39 is 0 Å². The fraction of sp³-hybridized carbons (Fsp3) is 0.133. The Labute approximate surface area is 131 Å². The van der Waals surface area contributed by atoms with Gasteiger partial charge in [0.25, 0.3) is 0 Å². The Kier molecular flexibility index (Phi) is 5.09. The van der Waals surface area contributed by atoms with E-state index in [1.54, 1.807) is 12.1 Å². The second-order valence-corrected chi connectivity index (χ2v) is 6.66. The number of amides is 1. The summed E-state index contributed by atoms with van der Waals surface area (Å²) in [5.74, 6) is -0.0384. The van der Waals surface area contributed by atoms with E-state index in [4.69, 9.17) is 5.73 Å². The molecule has 0 saturated carbocycles. The molecule has 5 heteroatoms. The summed E-state index contributed by atoms with van der Waals surface area (Å²) in [4.78, 5) is 13.2. The van der Waals surface area contributed by atoms with Crippen molar-refractivity contribution in [1.29, 1.82) is 0 Å². The van der Waals surface area contributed by atoms with Gasteiger partial charge in [-0.15, -0.1) is 11.8 Å². The third kappa shape index (κ3) is 4.28. The van der Waals surface area contributed by atoms with Gasteiger partial charge in [0.15, 0.2) is 0 Å². The van der Waals surface area contributed by atoms with Crippen LogP contribution in [0.4, 0.5) is 11.4 Å². The summed E-state index contributed by atoms with van der Waals surface area (Å²) in [6.45, 7) is 1.88. The number of hydrogen-bond acceptors (Lipinski definition) is 3. The summed E-state index contributed by atoms with van der Waals surface area (Å²) in [5.41, 5.74) is 7.04. The van der Waals surface area contributed by atoms with Crippen molar-refractivity contribution >= 4 is 45.0 Å². The minimum Gasteiger partial charge on any atom is -0.399 e. The summed E-state index contributed by atoms with van der Waals surface area (Å²) >= 11 is 4.91. The maximum atomic E-state index is 12.1. The number of thioether (sulfide) groups is 1. The van der Waals surface area contributed by atoms with Crippen LogP contribution in [0.25, 0.3) is 0 Å². The summed E-state index contributed by atoms with van der Waals surface area (Å²) in [6, 6.07) is 15.1. The van der Waals surface area contributed by atoms with Gasteiger partial charge in [-0.05, 0) is 49.4 Å². The number of hydrogen-bond donors (Lipinski definition) is 2. The molecule has 1 amide bonds. The van der Waals surface area contributed by atoms with E-state index in [-0.39, 0.29) is 11.2 Å². The Morgan fingerprint density at radius 3 is 2.60 bits per heavy atom. The fourth-order valence-corrected chi connectivity index (χ4v) is 2.76. The molecule has 2 aromatic rings. The predicted molar refractivity (Wildman–Crippen MR) is 88.9 cm³/mol. The average Bonchev–Trinajstić information content (AvgIpc) is 2.41. The lowest BCUT2D eigenvalue weighted by Crippen LogP contribution is -2.22. The lowest BCUT2D eigenvalue weighted by Gasteiger charge is -2.12. The smallest absolute Gasteiger partial charge is 0.237 e. The van der Waals surface area contributed by atoms with Crippen molar-refractivity contribution in [2.24, 2.45) is 0 Å². The molecular weight excluding hydrogens is 336 g/mol. The molecule has 2 rings (SSSR count). The summed E-state index contributed by atoms with van der Waals surface area (Å²) < 4.78 is 1.03. The maximum Gasteiger partial charge on any atom is 0.237 e. The van der Waals surface area contributed by atoms with Crippen molar-refractivity contribution in [3.63, 3.8) is 0 Å². The number of carbonyl (C=O) groups is 1. The van der Waals surface area contributed by atoms with Gasteiger partial charge < -0.3 is 11.1 Å². The van der Waals surface area contributed by atoms with Crippen LogP contribution >= 0.6 is 27.7 Å². The third-order valence-electron chi connectivity index (χ3n) is 2.65. The Hall–Kier alpha value is -1.46. The second kappa shape index (κ2) is 6.81. The van der Waals surface area contributed by atoms with Gasteiger partial charge in [-0.25, -0.2) is 0 Å². The molecular formula is C15H15BrN2OS. The molecule has 20 heavy (non-hydrogen) atoms. The van der Waals surface area contributed by atoms with E-state index in [0.29, 0.717) is 5.69 Å². The van der Waals surface area contributed by atoms with Crippen molar-refractivity contribution in [2.75, 3.05) is 11.1 Å². The SMILES string of the molecule is CC(Sc1ccc(Br)cc1)C(=O)Nc1cccc(N)c1. The number of carbonyl (C=O) groups excluding carboxylic acids is 1. The highest BCUT2D eigenvalue weighted by Crippen LogP contribution is 2.25. The van der Waals surface area contributed by atoms with Crippen LogP contribution in [0, 0.1) is 0 Å². The van der Waals surface area contributed by atoms with E-state index >= 15 is 0 Å². The first-order valence-electron chi connectivity index (χ1n) is 6.13. The minimum absolute atomic E-state index is 0.0384. The molecule has 0 aliphatic rings. The molecule has 3 nitrogen and oxygen atoms in total. The first-order chi connectivity index (χ1) is 9.54. The van der Waals surface area contributed by atoms with Crippen LogP contribution in [-0.4, -0.2) is 11.2 Å². The number of anilines is 2. The standard InChI is InChI=1S/C15H15BrN2OS/c1-10(20-14-7-5-11(16)6-8-14)15(19)18-13-4-2-3-12(17)9-13/h2-10H,17H2,1H3,(H,18,19). The Bertz CT molecular complexity index is 601. The lowest BCUT2D eigenvalue weighted by atomic mass is 10.3. The average molecular weight is 351 g/mol. The van der Waals surface area contributed by atoms with Gasteiger partial charge in [-0.3, -0.25) is 4.79 Å². The van der Waals surface area contributed by atoms with Crippen molar-refractivity contribution in [3.8, 4) is 0 Å². The maximum absolute atomic E-state index is 12.1. The van der Waals surface area contributed by atoms with Crippen LogP contribution < -0.4 is 11.1 Å². The fourth-order valence-electron chi connectivity index (χ4n) is 1.63. The summed E-state index contributed by atoms with van der Waals surface area (Å²) in [7, 11) is 0. The normalized spacial score (nSPS) is 11.9. The number of halogens is 1. The zero-order valence-electron chi connectivity index (χ0n) is 11.0. The number of nitrogens with one attached hydrogen (secondary N) is 1. The van der Waals surface area contributed by atoms with Gasteiger partial charge in [-0.1, -0.05) is 22.0 Å². The molecule has 0 aromatic heterocycles. The van der Waals surface area contributed by atoms with Gasteiger partial charge in [0, 0.05) is 20.7 Å². The van der Waals surface area contributed by atoms with Crippen LogP contribution in [0.3, 0.4) is 0 Å². The quantitative estimate of drug-likeness (QED) is 0.643. The molecule has 3 N–H and O–H groups in total. The lowest BCUT2D eigenvalue weighted by molar-refractivity contribution is -0.115. The predicted octanol–water partition coefficient (Wildman–Crippen LogP) is 4.15. The number of benzene rings is 2. The van der Waals surface area contributed by atoms with Crippen LogP contribution in [0.1, 0.15) is 6.92 Å². The monoisotopic (exact) mass is 350 g/mol. The van der Waals surface area contributed by atoms with E-state index in [2.05, 4.69) is 21.2 Å². The van der Waals surface area contributed by atoms with Crippen molar-refractivity contribution < 1.29 is 4.79 Å². The molecule has 0 spiro atoms. The Morgan fingerprint density at radius 1 is 1.25 bits per heavy atom. The highest BCUT2D eigenvalue weighted by Gasteiger charge is 2.14. The van der Waals surface area contributed by atoms with Crippen molar-refractivity contribution in [3.05, 3.63) is 53.0 Å². The molecule has 0 radical (unpaired) electrons. The molecule has 0 saturated heterocycles. The van der Waals surface area contributed by atoms with Crippen LogP contribution in [-0.2, 0) is 4.79 Å². The first-order valence-corrected chi connectivity index (χ1v) is 7.80. The van der Waals surface area contributed by atoms with Gasteiger partial charge in [-0.2, -0.15) is 0 Å². The van der Waals surface area contributed by atoms with E-state index in [0.717, 1.165) is 15.1 Å². The molecule has 0 aliphatic heterocycles. The molecule has 0 bridgehead atoms.